The molecule has 4 rings (SSSR count). The zero-order valence-electron chi connectivity index (χ0n) is 15.9. The number of hydrogen-bond acceptors (Lipinski definition) is 4. The van der Waals surface area contributed by atoms with E-state index in [-0.39, 0.29) is 5.56 Å². The standard InChI is InChI=1S/C23H21NO4/c1-27-21-13-16(15-7-4-3-5-8-15)10-11-17(21)18-14-19(23(26)28-2)20-9-6-12-24(20)22(18)25/h3-5,7-8,10-11,13-14H,6,9,12H2,1-2H3. The van der Waals surface area contributed by atoms with Crippen molar-refractivity contribution in [2.24, 2.45) is 0 Å². The molecule has 0 N–H and O–H groups in total. The Labute approximate surface area is 163 Å². The largest absolute Gasteiger partial charge is 0.496 e. The van der Waals surface area contributed by atoms with Crippen LogP contribution in [0.2, 0.25) is 0 Å². The van der Waals surface area contributed by atoms with Crippen LogP contribution in [-0.4, -0.2) is 24.8 Å². The Balaban J connectivity index is 1.90. The van der Waals surface area contributed by atoms with Crippen molar-refractivity contribution in [3.05, 3.63) is 76.2 Å². The third-order valence-electron chi connectivity index (χ3n) is 5.20. The number of carbonyl (C=O) groups excluding carboxylic acids is 1. The van der Waals surface area contributed by atoms with Gasteiger partial charge in [-0.2, -0.15) is 0 Å². The van der Waals surface area contributed by atoms with Crippen molar-refractivity contribution in [3.63, 3.8) is 0 Å². The fourth-order valence-corrected chi connectivity index (χ4v) is 3.82. The summed E-state index contributed by atoms with van der Waals surface area (Å²) in [7, 11) is 2.94. The van der Waals surface area contributed by atoms with Gasteiger partial charge in [-0.3, -0.25) is 4.79 Å². The van der Waals surface area contributed by atoms with Crippen LogP contribution >= 0.6 is 0 Å². The molecular formula is C23H21NO4. The maximum absolute atomic E-state index is 13.1. The van der Waals surface area contributed by atoms with E-state index in [1.165, 1.54) is 7.11 Å². The predicted octanol–water partition coefficient (Wildman–Crippen LogP) is 3.92. The zero-order chi connectivity index (χ0) is 19.7. The fraction of sp³-hybridized carbons (Fsp3) is 0.217. The molecule has 0 spiro atoms. The molecule has 0 fully saturated rings. The van der Waals surface area contributed by atoms with E-state index in [0.29, 0.717) is 35.4 Å². The van der Waals surface area contributed by atoms with E-state index in [2.05, 4.69) is 0 Å². The molecule has 2 heterocycles. The maximum atomic E-state index is 13.1. The van der Waals surface area contributed by atoms with E-state index in [4.69, 9.17) is 9.47 Å². The van der Waals surface area contributed by atoms with Crippen molar-refractivity contribution in [2.45, 2.75) is 19.4 Å². The summed E-state index contributed by atoms with van der Waals surface area (Å²) in [6.07, 6.45) is 1.54. The first-order valence-corrected chi connectivity index (χ1v) is 9.23. The van der Waals surface area contributed by atoms with E-state index < -0.39 is 5.97 Å². The molecule has 0 amide bonds. The topological polar surface area (TPSA) is 57.5 Å². The summed E-state index contributed by atoms with van der Waals surface area (Å²) in [5.74, 6) is 0.166. The Bertz CT molecular complexity index is 1100. The second-order valence-corrected chi connectivity index (χ2v) is 6.75. The highest BCUT2D eigenvalue weighted by Crippen LogP contribution is 2.34. The zero-order valence-corrected chi connectivity index (χ0v) is 15.9. The lowest BCUT2D eigenvalue weighted by Gasteiger charge is -2.15. The van der Waals surface area contributed by atoms with Gasteiger partial charge in [0.25, 0.3) is 5.56 Å². The minimum absolute atomic E-state index is 0.106. The molecule has 142 valence electrons. The van der Waals surface area contributed by atoms with Crippen molar-refractivity contribution < 1.29 is 14.3 Å². The first-order valence-electron chi connectivity index (χ1n) is 9.23. The average Bonchev–Trinajstić information content (AvgIpc) is 3.24. The van der Waals surface area contributed by atoms with E-state index in [9.17, 15) is 9.59 Å². The van der Waals surface area contributed by atoms with Gasteiger partial charge in [0.15, 0.2) is 0 Å². The minimum Gasteiger partial charge on any atom is -0.496 e. The normalized spacial score (nSPS) is 12.5. The van der Waals surface area contributed by atoms with Gasteiger partial charge in [0.1, 0.15) is 5.75 Å². The summed E-state index contributed by atoms with van der Waals surface area (Å²) in [4.78, 5) is 25.4. The molecule has 28 heavy (non-hydrogen) atoms. The van der Waals surface area contributed by atoms with Crippen LogP contribution in [0.25, 0.3) is 22.3 Å². The van der Waals surface area contributed by atoms with Gasteiger partial charge in [0, 0.05) is 17.8 Å². The first kappa shape index (κ1) is 18.0. The lowest BCUT2D eigenvalue weighted by Crippen LogP contribution is -2.24. The molecule has 0 unspecified atom stereocenters. The number of hydrogen-bond donors (Lipinski definition) is 0. The number of rotatable bonds is 4. The molecule has 5 heteroatoms. The second-order valence-electron chi connectivity index (χ2n) is 6.75. The Morgan fingerprint density at radius 3 is 2.46 bits per heavy atom. The third-order valence-corrected chi connectivity index (χ3v) is 5.20. The minimum atomic E-state index is -0.424. The smallest absolute Gasteiger partial charge is 0.339 e. The maximum Gasteiger partial charge on any atom is 0.339 e. The van der Waals surface area contributed by atoms with Crippen molar-refractivity contribution >= 4 is 5.97 Å². The summed E-state index contributed by atoms with van der Waals surface area (Å²) in [5.41, 5.74) is 4.26. The second kappa shape index (κ2) is 7.35. The molecule has 0 atom stereocenters. The van der Waals surface area contributed by atoms with Gasteiger partial charge in [-0.25, -0.2) is 4.79 Å². The van der Waals surface area contributed by atoms with E-state index >= 15 is 0 Å². The molecule has 3 aromatic rings. The van der Waals surface area contributed by atoms with Crippen molar-refractivity contribution in [1.29, 1.82) is 0 Å². The Morgan fingerprint density at radius 1 is 0.964 bits per heavy atom. The highest BCUT2D eigenvalue weighted by Gasteiger charge is 2.25. The molecule has 1 aromatic heterocycles. The Kier molecular flexibility index (Phi) is 4.74. The van der Waals surface area contributed by atoms with Gasteiger partial charge in [-0.15, -0.1) is 0 Å². The van der Waals surface area contributed by atoms with Crippen molar-refractivity contribution in [2.75, 3.05) is 14.2 Å². The van der Waals surface area contributed by atoms with Gasteiger partial charge in [0.05, 0.1) is 25.3 Å². The van der Waals surface area contributed by atoms with Gasteiger partial charge in [0.2, 0.25) is 0 Å². The average molecular weight is 375 g/mol. The number of pyridine rings is 1. The highest BCUT2D eigenvalue weighted by atomic mass is 16.5. The van der Waals surface area contributed by atoms with Crippen LogP contribution in [0.1, 0.15) is 22.5 Å². The van der Waals surface area contributed by atoms with Crippen molar-refractivity contribution in [3.8, 4) is 28.0 Å². The third kappa shape index (κ3) is 2.99. The van der Waals surface area contributed by atoms with Gasteiger partial charge in [-0.1, -0.05) is 36.4 Å². The fourth-order valence-electron chi connectivity index (χ4n) is 3.82. The molecule has 1 aliphatic heterocycles. The highest BCUT2D eigenvalue weighted by molar-refractivity contribution is 5.92. The quantitative estimate of drug-likeness (QED) is 0.649. The van der Waals surface area contributed by atoms with Crippen LogP contribution < -0.4 is 10.3 Å². The van der Waals surface area contributed by atoms with Crippen LogP contribution in [0.15, 0.2) is 59.4 Å². The van der Waals surface area contributed by atoms with Gasteiger partial charge < -0.3 is 14.0 Å². The number of nitrogens with zero attached hydrogens (tertiary/aromatic N) is 1. The summed E-state index contributed by atoms with van der Waals surface area (Å²) in [6.45, 7) is 0.608. The number of esters is 1. The molecular weight excluding hydrogens is 354 g/mol. The number of methoxy groups -OCH3 is 2. The van der Waals surface area contributed by atoms with Crippen LogP contribution in [0.5, 0.6) is 5.75 Å². The van der Waals surface area contributed by atoms with Gasteiger partial charge in [-0.05, 0) is 42.2 Å². The number of benzene rings is 2. The SMILES string of the molecule is COC(=O)c1cc(-c2ccc(-c3ccccc3)cc2OC)c(=O)n2c1CCC2. The van der Waals surface area contributed by atoms with Crippen LogP contribution in [0.3, 0.4) is 0 Å². The summed E-state index contributed by atoms with van der Waals surface area (Å²) in [5, 5.41) is 0. The summed E-state index contributed by atoms with van der Waals surface area (Å²) >= 11 is 0. The molecule has 1 aliphatic rings. The summed E-state index contributed by atoms with van der Waals surface area (Å²) < 4.78 is 12.2. The number of ether oxygens (including phenoxy) is 2. The van der Waals surface area contributed by atoms with Crippen molar-refractivity contribution in [1.82, 2.24) is 4.57 Å². The molecule has 0 saturated heterocycles. The van der Waals surface area contributed by atoms with E-state index in [1.807, 2.05) is 48.5 Å². The lowest BCUT2D eigenvalue weighted by molar-refractivity contribution is 0.0598. The predicted molar refractivity (Wildman–Crippen MR) is 108 cm³/mol. The van der Waals surface area contributed by atoms with E-state index in [1.54, 1.807) is 17.7 Å². The number of fused-ring (bicyclic) bond motifs is 1. The number of aromatic nitrogens is 1. The number of carbonyl (C=O) groups is 1. The molecule has 0 radical (unpaired) electrons. The summed E-state index contributed by atoms with van der Waals surface area (Å²) in [6, 6.07) is 17.4. The van der Waals surface area contributed by atoms with Crippen LogP contribution in [0, 0.1) is 0 Å². The first-order chi connectivity index (χ1) is 13.6. The molecule has 0 saturated carbocycles. The van der Waals surface area contributed by atoms with Crippen LogP contribution in [-0.2, 0) is 17.7 Å². The molecule has 0 bridgehead atoms. The van der Waals surface area contributed by atoms with Crippen LogP contribution in [0.4, 0.5) is 0 Å². The molecule has 2 aromatic carbocycles. The van der Waals surface area contributed by atoms with E-state index in [0.717, 1.165) is 23.2 Å². The lowest BCUT2D eigenvalue weighted by atomic mass is 9.98. The monoisotopic (exact) mass is 375 g/mol. The Morgan fingerprint density at radius 2 is 1.75 bits per heavy atom. The molecule has 0 aliphatic carbocycles. The molecule has 5 nitrogen and oxygen atoms in total. The van der Waals surface area contributed by atoms with Gasteiger partial charge >= 0.3 is 5.97 Å². The Hall–Kier alpha value is -3.34.